The Bertz CT molecular complexity index is 221. The molecule has 0 amide bonds. The molecule has 1 heterocycles. The Morgan fingerprint density at radius 3 is 2.44 bits per heavy atom. The van der Waals surface area contributed by atoms with Gasteiger partial charge in [-0.1, -0.05) is 12.8 Å². The van der Waals surface area contributed by atoms with Gasteiger partial charge in [0.05, 0.1) is 0 Å². The number of piperidine rings is 1. The van der Waals surface area contributed by atoms with Crippen LogP contribution in [0.1, 0.15) is 58.8 Å². The van der Waals surface area contributed by atoms with Crippen molar-refractivity contribution in [1.29, 1.82) is 0 Å². The van der Waals surface area contributed by atoms with E-state index in [1.165, 1.54) is 45.1 Å². The molecule has 2 nitrogen and oxygen atoms in total. The highest BCUT2D eigenvalue weighted by atomic mass is 16.3. The molecule has 2 fully saturated rings. The molecule has 1 saturated heterocycles. The first-order valence-corrected chi connectivity index (χ1v) is 7.01. The van der Waals surface area contributed by atoms with E-state index in [-0.39, 0.29) is 0 Å². The van der Waals surface area contributed by atoms with Gasteiger partial charge in [-0.25, -0.2) is 0 Å². The second-order valence-electron chi connectivity index (χ2n) is 6.32. The summed E-state index contributed by atoms with van der Waals surface area (Å²) >= 11 is 0. The van der Waals surface area contributed by atoms with E-state index in [0.29, 0.717) is 12.1 Å². The summed E-state index contributed by atoms with van der Waals surface area (Å²) in [6.07, 6.45) is 9.24. The molecule has 2 aliphatic rings. The third-order valence-electron chi connectivity index (χ3n) is 4.65. The molecule has 2 heteroatoms. The molecule has 94 valence electrons. The smallest absolute Gasteiger partial charge is 0.0433 e. The van der Waals surface area contributed by atoms with Crippen LogP contribution in [0.4, 0.5) is 0 Å². The molecule has 1 N–H and O–H groups in total. The van der Waals surface area contributed by atoms with Crippen LogP contribution in [0, 0.1) is 5.92 Å². The minimum Gasteiger partial charge on any atom is -0.396 e. The molecule has 0 radical (unpaired) electrons. The maximum atomic E-state index is 9.05. The zero-order valence-electron chi connectivity index (χ0n) is 10.9. The third-order valence-corrected chi connectivity index (χ3v) is 4.65. The number of aliphatic hydroxyl groups excluding tert-OH is 1. The summed E-state index contributed by atoms with van der Waals surface area (Å²) < 4.78 is 0. The summed E-state index contributed by atoms with van der Waals surface area (Å²) in [5.41, 5.74) is 0.354. The van der Waals surface area contributed by atoms with Crippen LogP contribution in [0.25, 0.3) is 0 Å². The summed E-state index contributed by atoms with van der Waals surface area (Å²) in [6.45, 7) is 6.41. The van der Waals surface area contributed by atoms with E-state index in [4.69, 9.17) is 5.11 Å². The maximum absolute atomic E-state index is 9.05. The van der Waals surface area contributed by atoms with Crippen molar-refractivity contribution in [2.45, 2.75) is 70.4 Å². The fraction of sp³-hybridized carbons (Fsp3) is 1.00. The van der Waals surface area contributed by atoms with E-state index in [9.17, 15) is 0 Å². The van der Waals surface area contributed by atoms with E-state index >= 15 is 0 Å². The van der Waals surface area contributed by atoms with Crippen molar-refractivity contribution >= 4 is 0 Å². The standard InChI is InChI=1S/C14H27NO/c1-14(2)11-12(8-10-16)7-9-15(14)13-5-3-4-6-13/h12-13,16H,3-11H2,1-2H3. The zero-order chi connectivity index (χ0) is 11.6. The minimum atomic E-state index is 0.354. The highest BCUT2D eigenvalue weighted by Gasteiger charge is 2.38. The molecule has 16 heavy (non-hydrogen) atoms. The number of hydrogen-bond acceptors (Lipinski definition) is 2. The van der Waals surface area contributed by atoms with E-state index in [2.05, 4.69) is 18.7 Å². The Morgan fingerprint density at radius 2 is 1.88 bits per heavy atom. The van der Waals surface area contributed by atoms with Crippen LogP contribution in [0.3, 0.4) is 0 Å². The summed E-state index contributed by atoms with van der Waals surface area (Å²) in [7, 11) is 0. The molecule has 1 aliphatic carbocycles. The normalized spacial score (nSPS) is 32.1. The molecule has 0 aromatic heterocycles. The third kappa shape index (κ3) is 2.60. The second-order valence-corrected chi connectivity index (χ2v) is 6.32. The van der Waals surface area contributed by atoms with Crippen LogP contribution >= 0.6 is 0 Å². The van der Waals surface area contributed by atoms with Crippen LogP contribution in [0.15, 0.2) is 0 Å². The second kappa shape index (κ2) is 5.05. The zero-order valence-corrected chi connectivity index (χ0v) is 10.9. The molecular weight excluding hydrogens is 198 g/mol. The van der Waals surface area contributed by atoms with Gasteiger partial charge in [0.15, 0.2) is 0 Å². The maximum Gasteiger partial charge on any atom is 0.0433 e. The number of aliphatic hydroxyl groups is 1. The van der Waals surface area contributed by atoms with Crippen molar-refractivity contribution in [2.24, 2.45) is 5.92 Å². The average molecular weight is 225 g/mol. The molecular formula is C14H27NO. The lowest BCUT2D eigenvalue weighted by Crippen LogP contribution is -2.54. The fourth-order valence-electron chi connectivity index (χ4n) is 3.87. The molecule has 1 atom stereocenters. The molecule has 0 bridgehead atoms. The topological polar surface area (TPSA) is 23.5 Å². The van der Waals surface area contributed by atoms with E-state index < -0.39 is 0 Å². The van der Waals surface area contributed by atoms with E-state index in [0.717, 1.165) is 18.4 Å². The largest absolute Gasteiger partial charge is 0.396 e. The Kier molecular flexibility index (Phi) is 3.91. The Labute approximate surface area is 100 Å². The average Bonchev–Trinajstić information content (AvgIpc) is 2.69. The van der Waals surface area contributed by atoms with Crippen molar-refractivity contribution in [3.05, 3.63) is 0 Å². The molecule has 0 aromatic carbocycles. The molecule has 0 aromatic rings. The molecule has 2 rings (SSSR count). The Balaban J connectivity index is 1.95. The van der Waals surface area contributed by atoms with Crippen molar-refractivity contribution in [3.8, 4) is 0 Å². The van der Waals surface area contributed by atoms with Gasteiger partial charge in [0.2, 0.25) is 0 Å². The van der Waals surface area contributed by atoms with Crippen molar-refractivity contribution < 1.29 is 5.11 Å². The first-order valence-electron chi connectivity index (χ1n) is 7.01. The molecule has 1 aliphatic heterocycles. The minimum absolute atomic E-state index is 0.354. The van der Waals surface area contributed by atoms with Gasteiger partial charge in [0, 0.05) is 18.2 Å². The Morgan fingerprint density at radius 1 is 1.19 bits per heavy atom. The lowest BCUT2D eigenvalue weighted by Gasteiger charge is -2.49. The van der Waals surface area contributed by atoms with Crippen molar-refractivity contribution in [2.75, 3.05) is 13.2 Å². The SMILES string of the molecule is CC1(C)CC(CCO)CCN1C1CCCC1. The van der Waals surface area contributed by atoms with Crippen LogP contribution in [0.2, 0.25) is 0 Å². The Hall–Kier alpha value is -0.0800. The van der Waals surface area contributed by atoms with Crippen LogP contribution in [-0.4, -0.2) is 34.7 Å². The van der Waals surface area contributed by atoms with Crippen molar-refractivity contribution in [1.82, 2.24) is 4.90 Å². The number of nitrogens with zero attached hydrogens (tertiary/aromatic N) is 1. The van der Waals surface area contributed by atoms with Gasteiger partial charge < -0.3 is 5.11 Å². The quantitative estimate of drug-likeness (QED) is 0.798. The van der Waals surface area contributed by atoms with E-state index in [1.807, 2.05) is 0 Å². The van der Waals surface area contributed by atoms with Gasteiger partial charge in [-0.3, -0.25) is 4.90 Å². The van der Waals surface area contributed by atoms with Crippen LogP contribution in [-0.2, 0) is 0 Å². The number of rotatable bonds is 3. The lowest BCUT2D eigenvalue weighted by atomic mass is 9.80. The predicted octanol–water partition coefficient (Wildman–Crippen LogP) is 2.80. The highest BCUT2D eigenvalue weighted by molar-refractivity contribution is 4.94. The first-order chi connectivity index (χ1) is 7.63. The number of hydrogen-bond donors (Lipinski definition) is 1. The highest BCUT2D eigenvalue weighted by Crippen LogP contribution is 2.38. The predicted molar refractivity (Wildman–Crippen MR) is 67.5 cm³/mol. The summed E-state index contributed by atoms with van der Waals surface area (Å²) in [5.74, 6) is 0.748. The fourth-order valence-corrected chi connectivity index (χ4v) is 3.87. The van der Waals surface area contributed by atoms with E-state index in [1.54, 1.807) is 0 Å². The summed E-state index contributed by atoms with van der Waals surface area (Å²) in [4.78, 5) is 2.76. The van der Waals surface area contributed by atoms with Crippen molar-refractivity contribution in [3.63, 3.8) is 0 Å². The lowest BCUT2D eigenvalue weighted by molar-refractivity contribution is 0.00588. The molecule has 1 unspecified atom stereocenters. The van der Waals surface area contributed by atoms with Gasteiger partial charge in [-0.2, -0.15) is 0 Å². The summed E-state index contributed by atoms with van der Waals surface area (Å²) in [5, 5.41) is 9.05. The first kappa shape index (κ1) is 12.4. The van der Waals surface area contributed by atoms with Gasteiger partial charge in [-0.15, -0.1) is 0 Å². The molecule has 0 spiro atoms. The van der Waals surface area contributed by atoms with Gasteiger partial charge in [0.1, 0.15) is 0 Å². The molecule has 1 saturated carbocycles. The van der Waals surface area contributed by atoms with Gasteiger partial charge in [-0.05, 0) is 58.4 Å². The van der Waals surface area contributed by atoms with Crippen LogP contribution < -0.4 is 0 Å². The van der Waals surface area contributed by atoms with Gasteiger partial charge in [0.25, 0.3) is 0 Å². The van der Waals surface area contributed by atoms with Crippen LogP contribution in [0.5, 0.6) is 0 Å². The van der Waals surface area contributed by atoms with Gasteiger partial charge >= 0.3 is 0 Å². The number of likely N-dealkylation sites (tertiary alicyclic amines) is 1. The monoisotopic (exact) mass is 225 g/mol. The summed E-state index contributed by atoms with van der Waals surface area (Å²) in [6, 6.07) is 0.852.